The molecule has 0 aromatic heterocycles. The number of hydrogen-bond acceptors (Lipinski definition) is 1. The summed E-state index contributed by atoms with van der Waals surface area (Å²) in [6.45, 7) is 0.688. The van der Waals surface area contributed by atoms with Gasteiger partial charge < -0.3 is 4.74 Å². The third kappa shape index (κ3) is 1.40. The van der Waals surface area contributed by atoms with E-state index in [1.165, 1.54) is 27.8 Å². The lowest BCUT2D eigenvalue weighted by molar-refractivity contribution is 0.358. The molecule has 0 atom stereocenters. The second kappa shape index (κ2) is 3.74. The molecular formula is C17H14O. The van der Waals surface area contributed by atoms with Gasteiger partial charge in [0.15, 0.2) is 0 Å². The van der Waals surface area contributed by atoms with E-state index in [9.17, 15) is 0 Å². The fraction of sp³-hybridized carbons (Fsp3) is 0.176. The number of benzene rings is 2. The van der Waals surface area contributed by atoms with Gasteiger partial charge in [-0.05, 0) is 53.3 Å². The number of aryl methyl sites for hydroxylation is 2. The fourth-order valence-corrected chi connectivity index (χ4v) is 2.94. The van der Waals surface area contributed by atoms with Crippen LogP contribution < -0.4 is 4.74 Å². The van der Waals surface area contributed by atoms with Crippen LogP contribution in [-0.2, 0) is 12.8 Å². The second-order valence-corrected chi connectivity index (χ2v) is 4.92. The van der Waals surface area contributed by atoms with Crippen molar-refractivity contribution in [2.45, 2.75) is 12.8 Å². The molecule has 0 radical (unpaired) electrons. The number of fused-ring (bicyclic) bond motifs is 4. The SMILES string of the molecule is C1=Cc2cc3c(cc2OC1)-c1ccccc1CC3. The van der Waals surface area contributed by atoms with Gasteiger partial charge in [-0.2, -0.15) is 0 Å². The fourth-order valence-electron chi connectivity index (χ4n) is 2.94. The summed E-state index contributed by atoms with van der Waals surface area (Å²) in [7, 11) is 0. The number of ether oxygens (including phenoxy) is 1. The molecule has 1 heteroatoms. The van der Waals surface area contributed by atoms with E-state index in [0.29, 0.717) is 6.61 Å². The average Bonchev–Trinajstić information content (AvgIpc) is 2.45. The van der Waals surface area contributed by atoms with Gasteiger partial charge in [-0.3, -0.25) is 0 Å². The van der Waals surface area contributed by atoms with E-state index in [1.807, 2.05) is 0 Å². The highest BCUT2D eigenvalue weighted by atomic mass is 16.5. The quantitative estimate of drug-likeness (QED) is 0.672. The van der Waals surface area contributed by atoms with E-state index >= 15 is 0 Å². The third-order valence-electron chi connectivity index (χ3n) is 3.84. The summed E-state index contributed by atoms with van der Waals surface area (Å²) < 4.78 is 5.72. The largest absolute Gasteiger partial charge is 0.489 e. The number of hydrogen-bond donors (Lipinski definition) is 0. The van der Waals surface area contributed by atoms with Crippen molar-refractivity contribution < 1.29 is 4.74 Å². The molecule has 0 bridgehead atoms. The highest BCUT2D eigenvalue weighted by molar-refractivity contribution is 5.77. The third-order valence-corrected chi connectivity index (χ3v) is 3.84. The lowest BCUT2D eigenvalue weighted by Crippen LogP contribution is -2.07. The Bertz CT molecular complexity index is 653. The maximum absolute atomic E-state index is 5.72. The van der Waals surface area contributed by atoms with Crippen molar-refractivity contribution in [1.82, 2.24) is 0 Å². The maximum Gasteiger partial charge on any atom is 0.127 e. The summed E-state index contributed by atoms with van der Waals surface area (Å²) in [6.07, 6.45) is 6.52. The maximum atomic E-state index is 5.72. The lowest BCUT2D eigenvalue weighted by atomic mass is 9.84. The van der Waals surface area contributed by atoms with Crippen LogP contribution in [0.3, 0.4) is 0 Å². The van der Waals surface area contributed by atoms with Gasteiger partial charge in [0.1, 0.15) is 12.4 Å². The summed E-state index contributed by atoms with van der Waals surface area (Å²) >= 11 is 0. The van der Waals surface area contributed by atoms with Crippen LogP contribution in [0, 0.1) is 0 Å². The molecule has 0 N–H and O–H groups in total. The van der Waals surface area contributed by atoms with Crippen LogP contribution in [0.5, 0.6) is 5.75 Å². The zero-order chi connectivity index (χ0) is 11.9. The Labute approximate surface area is 107 Å². The van der Waals surface area contributed by atoms with Gasteiger partial charge in [0.2, 0.25) is 0 Å². The topological polar surface area (TPSA) is 9.23 Å². The first-order valence-corrected chi connectivity index (χ1v) is 6.46. The average molecular weight is 234 g/mol. The standard InChI is InChI=1S/C17H14O/c1-2-6-15-12(4-1)7-8-13-10-14-5-3-9-18-17(14)11-16(13)15/h1-6,10-11H,7-9H2. The van der Waals surface area contributed by atoms with Crippen LogP contribution in [0.4, 0.5) is 0 Å². The van der Waals surface area contributed by atoms with Crippen LogP contribution in [0.15, 0.2) is 42.5 Å². The predicted molar refractivity (Wildman–Crippen MR) is 73.8 cm³/mol. The van der Waals surface area contributed by atoms with Gasteiger partial charge in [0.05, 0.1) is 0 Å². The molecule has 2 aromatic rings. The summed E-state index contributed by atoms with van der Waals surface area (Å²) in [5.41, 5.74) is 6.85. The molecular weight excluding hydrogens is 220 g/mol. The first kappa shape index (κ1) is 9.95. The van der Waals surface area contributed by atoms with Gasteiger partial charge >= 0.3 is 0 Å². The lowest BCUT2D eigenvalue weighted by Gasteiger charge is -2.23. The van der Waals surface area contributed by atoms with Gasteiger partial charge in [-0.1, -0.05) is 30.3 Å². The summed E-state index contributed by atoms with van der Waals surface area (Å²) in [4.78, 5) is 0. The Morgan fingerprint density at radius 3 is 2.78 bits per heavy atom. The summed E-state index contributed by atoms with van der Waals surface area (Å²) in [5, 5.41) is 0. The van der Waals surface area contributed by atoms with Crippen LogP contribution in [0.2, 0.25) is 0 Å². The Hall–Kier alpha value is -2.02. The minimum atomic E-state index is 0.688. The molecule has 4 rings (SSSR count). The van der Waals surface area contributed by atoms with Crippen molar-refractivity contribution in [2.75, 3.05) is 6.61 Å². The monoisotopic (exact) mass is 234 g/mol. The molecule has 18 heavy (non-hydrogen) atoms. The first-order valence-electron chi connectivity index (χ1n) is 6.46. The molecule has 1 aliphatic heterocycles. The second-order valence-electron chi connectivity index (χ2n) is 4.92. The summed E-state index contributed by atoms with van der Waals surface area (Å²) in [5.74, 6) is 1.02. The van der Waals surface area contributed by atoms with Crippen molar-refractivity contribution in [1.29, 1.82) is 0 Å². The molecule has 2 aliphatic rings. The molecule has 88 valence electrons. The van der Waals surface area contributed by atoms with Crippen molar-refractivity contribution in [2.24, 2.45) is 0 Å². The molecule has 0 amide bonds. The normalized spacial score (nSPS) is 15.3. The Morgan fingerprint density at radius 1 is 0.889 bits per heavy atom. The van der Waals surface area contributed by atoms with Crippen molar-refractivity contribution in [3.05, 3.63) is 59.2 Å². The zero-order valence-electron chi connectivity index (χ0n) is 10.1. The highest BCUT2D eigenvalue weighted by Crippen LogP contribution is 2.38. The smallest absolute Gasteiger partial charge is 0.127 e. The van der Waals surface area contributed by atoms with E-state index < -0.39 is 0 Å². The van der Waals surface area contributed by atoms with Gasteiger partial charge in [0, 0.05) is 5.56 Å². The molecule has 2 aromatic carbocycles. The van der Waals surface area contributed by atoms with E-state index in [2.05, 4.69) is 48.6 Å². The Kier molecular flexibility index (Phi) is 2.07. The molecule has 0 fully saturated rings. The van der Waals surface area contributed by atoms with E-state index in [1.54, 1.807) is 0 Å². The minimum absolute atomic E-state index is 0.688. The molecule has 0 spiro atoms. The van der Waals surface area contributed by atoms with Crippen LogP contribution >= 0.6 is 0 Å². The molecule has 1 nitrogen and oxygen atoms in total. The van der Waals surface area contributed by atoms with Crippen molar-refractivity contribution in [3.8, 4) is 16.9 Å². The molecule has 0 unspecified atom stereocenters. The van der Waals surface area contributed by atoms with Gasteiger partial charge in [0.25, 0.3) is 0 Å². The van der Waals surface area contributed by atoms with E-state index in [4.69, 9.17) is 4.74 Å². The minimum Gasteiger partial charge on any atom is -0.489 e. The van der Waals surface area contributed by atoms with Crippen LogP contribution in [-0.4, -0.2) is 6.61 Å². The molecule has 1 heterocycles. The highest BCUT2D eigenvalue weighted by Gasteiger charge is 2.18. The van der Waals surface area contributed by atoms with Gasteiger partial charge in [-0.25, -0.2) is 0 Å². The predicted octanol–water partition coefficient (Wildman–Crippen LogP) is 3.86. The zero-order valence-corrected chi connectivity index (χ0v) is 10.1. The van der Waals surface area contributed by atoms with Crippen LogP contribution in [0.25, 0.3) is 17.2 Å². The Balaban J connectivity index is 1.96. The molecule has 0 saturated heterocycles. The number of rotatable bonds is 0. The van der Waals surface area contributed by atoms with Gasteiger partial charge in [-0.15, -0.1) is 0 Å². The van der Waals surface area contributed by atoms with Crippen molar-refractivity contribution in [3.63, 3.8) is 0 Å². The van der Waals surface area contributed by atoms with Crippen molar-refractivity contribution >= 4 is 6.08 Å². The summed E-state index contributed by atoms with van der Waals surface area (Å²) in [6, 6.07) is 13.2. The Morgan fingerprint density at radius 2 is 1.78 bits per heavy atom. The molecule has 0 saturated carbocycles. The van der Waals surface area contributed by atoms with Crippen LogP contribution in [0.1, 0.15) is 16.7 Å². The molecule has 1 aliphatic carbocycles. The van der Waals surface area contributed by atoms with E-state index in [-0.39, 0.29) is 0 Å². The first-order chi connectivity index (χ1) is 8.92. The van der Waals surface area contributed by atoms with E-state index in [0.717, 1.165) is 18.6 Å².